The van der Waals surface area contributed by atoms with Crippen LogP contribution < -0.4 is 4.74 Å². The molecule has 0 amide bonds. The second-order valence-electron chi connectivity index (χ2n) is 5.20. The summed E-state index contributed by atoms with van der Waals surface area (Å²) in [5.74, 6) is 0.996. The summed E-state index contributed by atoms with van der Waals surface area (Å²) in [6.45, 7) is 6.26. The average molecular weight is 276 g/mol. The molecule has 0 spiro atoms. The Morgan fingerprint density at radius 3 is 2.70 bits per heavy atom. The molecule has 20 heavy (non-hydrogen) atoms. The molecule has 3 atom stereocenters. The third-order valence-corrected chi connectivity index (χ3v) is 3.80. The van der Waals surface area contributed by atoms with Gasteiger partial charge in [-0.2, -0.15) is 0 Å². The van der Waals surface area contributed by atoms with Crippen LogP contribution in [0.25, 0.3) is 0 Å². The van der Waals surface area contributed by atoms with Crippen molar-refractivity contribution in [3.63, 3.8) is 0 Å². The summed E-state index contributed by atoms with van der Waals surface area (Å²) >= 11 is 0. The summed E-state index contributed by atoms with van der Waals surface area (Å²) < 4.78 is 10.7. The van der Waals surface area contributed by atoms with Gasteiger partial charge < -0.3 is 9.47 Å². The molecule has 0 N–H and O–H groups in total. The Balaban J connectivity index is 1.89. The van der Waals surface area contributed by atoms with E-state index in [-0.39, 0.29) is 23.6 Å². The lowest BCUT2D eigenvalue weighted by Gasteiger charge is -2.07. The molecule has 1 aliphatic rings. The Bertz CT molecular complexity index is 509. The third kappa shape index (κ3) is 3.18. The molecule has 108 valence electrons. The number of esters is 1. The maximum atomic E-state index is 11.7. The zero-order valence-corrected chi connectivity index (χ0v) is 12.1. The first-order valence-electron chi connectivity index (χ1n) is 6.95. The van der Waals surface area contributed by atoms with Crippen LogP contribution in [0, 0.1) is 17.8 Å². The fraction of sp³-hybridized carbons (Fsp3) is 0.500. The highest BCUT2D eigenvalue weighted by molar-refractivity contribution is 5.94. The molecule has 1 aliphatic carbocycles. The van der Waals surface area contributed by atoms with E-state index in [2.05, 4.69) is 0 Å². The van der Waals surface area contributed by atoms with Crippen molar-refractivity contribution in [1.82, 2.24) is 0 Å². The number of rotatable bonds is 6. The number of hydrogen-bond acceptors (Lipinski definition) is 4. The van der Waals surface area contributed by atoms with Gasteiger partial charge in [0.05, 0.1) is 19.1 Å². The molecule has 1 aromatic rings. The quantitative estimate of drug-likeness (QED) is 0.592. The molecule has 0 bridgehead atoms. The van der Waals surface area contributed by atoms with Gasteiger partial charge in [-0.1, -0.05) is 19.1 Å². The lowest BCUT2D eigenvalue weighted by Crippen LogP contribution is -2.10. The lowest BCUT2D eigenvalue weighted by atomic mass is 10.1. The molecule has 0 aromatic heterocycles. The highest BCUT2D eigenvalue weighted by Crippen LogP contribution is 2.46. The van der Waals surface area contributed by atoms with E-state index in [1.165, 1.54) is 6.92 Å². The Morgan fingerprint density at radius 1 is 1.30 bits per heavy atom. The Morgan fingerprint density at radius 2 is 2.05 bits per heavy atom. The highest BCUT2D eigenvalue weighted by atomic mass is 16.5. The largest absolute Gasteiger partial charge is 0.493 e. The van der Waals surface area contributed by atoms with Gasteiger partial charge in [-0.25, -0.2) is 0 Å². The van der Waals surface area contributed by atoms with Crippen LogP contribution >= 0.6 is 0 Å². The van der Waals surface area contributed by atoms with Crippen LogP contribution in [0.1, 0.15) is 31.1 Å². The van der Waals surface area contributed by atoms with E-state index in [1.807, 2.05) is 19.9 Å². The van der Waals surface area contributed by atoms with Gasteiger partial charge in [0.25, 0.3) is 0 Å². The van der Waals surface area contributed by atoms with Gasteiger partial charge in [-0.3, -0.25) is 9.59 Å². The van der Waals surface area contributed by atoms with Gasteiger partial charge in [-0.15, -0.1) is 0 Å². The number of Topliss-reactive ketones (excluding diaryl/α,β-unsaturated/α-hetero) is 1. The van der Waals surface area contributed by atoms with Crippen molar-refractivity contribution in [1.29, 1.82) is 0 Å². The van der Waals surface area contributed by atoms with Crippen LogP contribution in [0.4, 0.5) is 0 Å². The van der Waals surface area contributed by atoms with Crippen molar-refractivity contribution in [2.24, 2.45) is 17.8 Å². The fourth-order valence-electron chi connectivity index (χ4n) is 2.43. The number of carbonyl (C=O) groups excluding carboxylic acids is 2. The van der Waals surface area contributed by atoms with Gasteiger partial charge >= 0.3 is 5.97 Å². The van der Waals surface area contributed by atoms with Crippen LogP contribution in [0.3, 0.4) is 0 Å². The average Bonchev–Trinajstić information content (AvgIpc) is 3.07. The Hall–Kier alpha value is -1.84. The highest BCUT2D eigenvalue weighted by Gasteiger charge is 2.53. The van der Waals surface area contributed by atoms with Crippen LogP contribution in [0.2, 0.25) is 0 Å². The Labute approximate surface area is 119 Å². The van der Waals surface area contributed by atoms with Crippen molar-refractivity contribution >= 4 is 11.8 Å². The predicted octanol–water partition coefficient (Wildman–Crippen LogP) is 2.71. The van der Waals surface area contributed by atoms with Crippen LogP contribution in [0.15, 0.2) is 24.3 Å². The second kappa shape index (κ2) is 6.07. The first-order valence-corrected chi connectivity index (χ1v) is 6.95. The number of ketones is 1. The molecule has 4 heteroatoms. The van der Waals surface area contributed by atoms with Gasteiger partial charge in [0.15, 0.2) is 5.78 Å². The minimum absolute atomic E-state index is 0.0136. The molecule has 4 nitrogen and oxygen atoms in total. The normalized spacial score (nSPS) is 24.1. The van der Waals surface area contributed by atoms with E-state index in [9.17, 15) is 9.59 Å². The maximum Gasteiger partial charge on any atom is 0.309 e. The first-order chi connectivity index (χ1) is 9.54. The smallest absolute Gasteiger partial charge is 0.309 e. The SMILES string of the molecule is CCOC(=O)C1C(C)C1COc1cccc(C(C)=O)c1. The van der Waals surface area contributed by atoms with E-state index in [4.69, 9.17) is 9.47 Å². The standard InChI is InChI=1S/C16H20O4/c1-4-19-16(18)15-10(2)14(15)9-20-13-7-5-6-12(8-13)11(3)17/h5-8,10,14-15H,4,9H2,1-3H3. The van der Waals surface area contributed by atoms with E-state index in [0.29, 0.717) is 30.4 Å². The van der Waals surface area contributed by atoms with Gasteiger partial charge in [-0.05, 0) is 31.9 Å². The number of carbonyl (C=O) groups is 2. The zero-order chi connectivity index (χ0) is 14.7. The molecule has 1 saturated carbocycles. The number of hydrogen-bond donors (Lipinski definition) is 0. The maximum absolute atomic E-state index is 11.7. The number of ether oxygens (including phenoxy) is 2. The molecular weight excluding hydrogens is 256 g/mol. The predicted molar refractivity (Wildman–Crippen MR) is 74.7 cm³/mol. The minimum Gasteiger partial charge on any atom is -0.493 e. The van der Waals surface area contributed by atoms with Crippen molar-refractivity contribution in [2.45, 2.75) is 20.8 Å². The summed E-state index contributed by atoms with van der Waals surface area (Å²) in [4.78, 5) is 23.0. The van der Waals surface area contributed by atoms with Crippen molar-refractivity contribution < 1.29 is 19.1 Å². The van der Waals surface area contributed by atoms with Crippen LogP contribution in [0.5, 0.6) is 5.75 Å². The van der Waals surface area contributed by atoms with E-state index >= 15 is 0 Å². The molecular formula is C16H20O4. The van der Waals surface area contributed by atoms with Crippen LogP contribution in [-0.2, 0) is 9.53 Å². The minimum atomic E-state index is -0.133. The van der Waals surface area contributed by atoms with E-state index < -0.39 is 0 Å². The molecule has 3 unspecified atom stereocenters. The monoisotopic (exact) mass is 276 g/mol. The summed E-state index contributed by atoms with van der Waals surface area (Å²) in [6.07, 6.45) is 0. The molecule has 1 aromatic carbocycles. The van der Waals surface area contributed by atoms with Gasteiger partial charge in [0.1, 0.15) is 5.75 Å². The fourth-order valence-corrected chi connectivity index (χ4v) is 2.43. The summed E-state index contributed by atoms with van der Waals surface area (Å²) in [7, 11) is 0. The second-order valence-corrected chi connectivity index (χ2v) is 5.20. The van der Waals surface area contributed by atoms with Gasteiger partial charge in [0.2, 0.25) is 0 Å². The number of benzene rings is 1. The van der Waals surface area contributed by atoms with Crippen molar-refractivity contribution in [3.8, 4) is 5.75 Å². The Kier molecular flexibility index (Phi) is 4.42. The first kappa shape index (κ1) is 14.6. The van der Waals surface area contributed by atoms with Gasteiger partial charge in [0, 0.05) is 11.5 Å². The van der Waals surface area contributed by atoms with E-state index in [0.717, 1.165) is 0 Å². The zero-order valence-electron chi connectivity index (χ0n) is 12.1. The van der Waals surface area contributed by atoms with Crippen molar-refractivity contribution in [2.75, 3.05) is 13.2 Å². The molecule has 0 heterocycles. The topological polar surface area (TPSA) is 52.6 Å². The lowest BCUT2D eigenvalue weighted by molar-refractivity contribution is -0.145. The van der Waals surface area contributed by atoms with Crippen molar-refractivity contribution in [3.05, 3.63) is 29.8 Å². The molecule has 1 fully saturated rings. The van der Waals surface area contributed by atoms with E-state index in [1.54, 1.807) is 18.2 Å². The summed E-state index contributed by atoms with van der Waals surface area (Å²) in [5.41, 5.74) is 0.633. The summed E-state index contributed by atoms with van der Waals surface area (Å²) in [5, 5.41) is 0. The van der Waals surface area contributed by atoms with Crippen LogP contribution in [-0.4, -0.2) is 25.0 Å². The summed E-state index contributed by atoms with van der Waals surface area (Å²) in [6, 6.07) is 7.11. The molecule has 2 rings (SSSR count). The molecule has 0 radical (unpaired) electrons. The molecule has 0 aliphatic heterocycles. The third-order valence-electron chi connectivity index (χ3n) is 3.80. The molecule has 0 saturated heterocycles.